The average Bonchev–Trinajstić information content (AvgIpc) is 2.79. The van der Waals surface area contributed by atoms with Gasteiger partial charge in [0.05, 0.1) is 74.0 Å². The van der Waals surface area contributed by atoms with E-state index < -0.39 is 11.9 Å². The van der Waals surface area contributed by atoms with E-state index in [2.05, 4.69) is 0 Å². The molecule has 2 aromatic rings. The Hall–Kier alpha value is -2.24. The molecule has 0 spiro atoms. The monoisotopic (exact) mass is 506 g/mol. The fourth-order valence-corrected chi connectivity index (χ4v) is 2.37. The highest BCUT2D eigenvalue weighted by atomic mass is 35.5. The quantitative estimate of drug-likeness (QED) is 0.319. The van der Waals surface area contributed by atoms with Crippen LogP contribution in [0.5, 0.6) is 0 Å². The van der Waals surface area contributed by atoms with Gasteiger partial charge in [-0.05, 0) is 24.3 Å². The third-order valence-electron chi connectivity index (χ3n) is 3.42. The van der Waals surface area contributed by atoms with Crippen LogP contribution in [0.25, 0.3) is 0 Å². The molecule has 0 aliphatic carbocycles. The van der Waals surface area contributed by atoms with E-state index in [0.29, 0.717) is 39.6 Å². The SMILES string of the molecule is O=C(O)c1ccccc1Cl.O=C(O)c1ccccc1Cl.OCCOCCOCCOCCO. The van der Waals surface area contributed by atoms with E-state index in [9.17, 15) is 9.59 Å². The van der Waals surface area contributed by atoms with Crippen molar-refractivity contribution in [3.63, 3.8) is 0 Å². The van der Waals surface area contributed by atoms with Gasteiger partial charge in [-0.25, -0.2) is 9.59 Å². The van der Waals surface area contributed by atoms with E-state index in [1.165, 1.54) is 12.1 Å². The lowest BCUT2D eigenvalue weighted by atomic mass is 10.2. The first-order chi connectivity index (χ1) is 15.8. The maximum Gasteiger partial charge on any atom is 0.337 e. The second-order valence-electron chi connectivity index (χ2n) is 5.85. The van der Waals surface area contributed by atoms with Gasteiger partial charge in [0.15, 0.2) is 0 Å². The molecule has 4 N–H and O–H groups in total. The lowest BCUT2D eigenvalue weighted by molar-refractivity contribution is 0.00230. The number of hydrogen-bond acceptors (Lipinski definition) is 7. The summed E-state index contributed by atoms with van der Waals surface area (Å²) in [6, 6.07) is 12.7. The van der Waals surface area contributed by atoms with Crippen molar-refractivity contribution in [1.82, 2.24) is 0 Å². The smallest absolute Gasteiger partial charge is 0.337 e. The largest absolute Gasteiger partial charge is 0.478 e. The van der Waals surface area contributed by atoms with Crippen molar-refractivity contribution >= 4 is 35.1 Å². The number of hydrogen-bond donors (Lipinski definition) is 4. The van der Waals surface area contributed by atoms with Gasteiger partial charge in [-0.15, -0.1) is 0 Å². The maximum atomic E-state index is 10.3. The molecule has 2 rings (SSSR count). The van der Waals surface area contributed by atoms with Crippen molar-refractivity contribution in [1.29, 1.82) is 0 Å². The molecule has 0 amide bonds. The Kier molecular flexibility index (Phi) is 19.0. The molecule has 184 valence electrons. The number of carboxylic acid groups (broad SMARTS) is 2. The van der Waals surface area contributed by atoms with Gasteiger partial charge in [0, 0.05) is 0 Å². The van der Waals surface area contributed by atoms with Gasteiger partial charge in [-0.2, -0.15) is 0 Å². The molecule has 0 aliphatic rings. The van der Waals surface area contributed by atoms with E-state index in [4.69, 9.17) is 57.8 Å². The van der Waals surface area contributed by atoms with Crippen molar-refractivity contribution in [3.8, 4) is 0 Å². The average molecular weight is 507 g/mol. The summed E-state index contributed by atoms with van der Waals surface area (Å²) in [6.45, 7) is 2.76. The Labute approximate surface area is 202 Å². The fraction of sp³-hybridized carbons (Fsp3) is 0.364. The topological polar surface area (TPSA) is 143 Å². The van der Waals surface area contributed by atoms with Crippen molar-refractivity contribution in [2.45, 2.75) is 0 Å². The molecule has 33 heavy (non-hydrogen) atoms. The highest BCUT2D eigenvalue weighted by molar-refractivity contribution is 6.33. The number of aliphatic hydroxyl groups is 2. The lowest BCUT2D eigenvalue weighted by Gasteiger charge is -2.04. The van der Waals surface area contributed by atoms with E-state index >= 15 is 0 Å². The summed E-state index contributed by atoms with van der Waals surface area (Å²) in [5, 5.41) is 34.2. The van der Waals surface area contributed by atoms with Crippen LogP contribution in [-0.2, 0) is 14.2 Å². The Morgan fingerprint density at radius 1 is 0.606 bits per heavy atom. The first-order valence-electron chi connectivity index (χ1n) is 9.75. The van der Waals surface area contributed by atoms with Gasteiger partial charge < -0.3 is 34.6 Å². The van der Waals surface area contributed by atoms with Crippen LogP contribution in [0.2, 0.25) is 10.0 Å². The second kappa shape index (κ2) is 20.4. The normalized spacial score (nSPS) is 9.82. The van der Waals surface area contributed by atoms with Crippen LogP contribution in [0, 0.1) is 0 Å². The van der Waals surface area contributed by atoms with Crippen LogP contribution in [0.3, 0.4) is 0 Å². The first kappa shape index (κ1) is 30.8. The van der Waals surface area contributed by atoms with Crippen molar-refractivity contribution < 1.29 is 44.2 Å². The predicted molar refractivity (Wildman–Crippen MR) is 123 cm³/mol. The maximum absolute atomic E-state index is 10.3. The molecule has 0 aromatic heterocycles. The van der Waals surface area contributed by atoms with Gasteiger partial charge >= 0.3 is 11.9 Å². The highest BCUT2D eigenvalue weighted by Gasteiger charge is 2.05. The summed E-state index contributed by atoms with van der Waals surface area (Å²) in [5.41, 5.74) is 0.285. The zero-order valence-electron chi connectivity index (χ0n) is 17.9. The van der Waals surface area contributed by atoms with Gasteiger partial charge in [0.1, 0.15) is 0 Å². The van der Waals surface area contributed by atoms with Crippen LogP contribution >= 0.6 is 23.2 Å². The number of rotatable bonds is 12. The number of benzene rings is 2. The van der Waals surface area contributed by atoms with E-state index in [-0.39, 0.29) is 34.4 Å². The van der Waals surface area contributed by atoms with E-state index in [0.717, 1.165) is 0 Å². The van der Waals surface area contributed by atoms with Crippen molar-refractivity contribution in [2.75, 3.05) is 52.9 Å². The highest BCUT2D eigenvalue weighted by Crippen LogP contribution is 2.14. The third kappa shape index (κ3) is 16.1. The zero-order valence-corrected chi connectivity index (χ0v) is 19.4. The van der Waals surface area contributed by atoms with E-state index in [1.807, 2.05) is 0 Å². The summed E-state index contributed by atoms with van der Waals surface area (Å²) in [6.07, 6.45) is 0. The molecular formula is C22H28Cl2O9. The summed E-state index contributed by atoms with van der Waals surface area (Å²) in [7, 11) is 0. The molecule has 0 radical (unpaired) electrons. The van der Waals surface area contributed by atoms with Gasteiger partial charge in [0.25, 0.3) is 0 Å². The molecule has 0 atom stereocenters. The molecular weight excluding hydrogens is 479 g/mol. The number of halogens is 2. The van der Waals surface area contributed by atoms with Crippen molar-refractivity contribution in [2.24, 2.45) is 0 Å². The molecule has 9 nitrogen and oxygen atoms in total. The number of carboxylic acids is 2. The standard InChI is InChI=1S/C8H18O5.2C7H5ClO2/c9-1-3-11-5-7-13-8-6-12-4-2-10;2*8-6-4-2-1-3-5(6)7(9)10/h9-10H,1-8H2;2*1-4H,(H,9,10). The van der Waals surface area contributed by atoms with Crippen LogP contribution in [0.1, 0.15) is 20.7 Å². The molecule has 11 heteroatoms. The second-order valence-corrected chi connectivity index (χ2v) is 6.67. The molecule has 0 fully saturated rings. The Bertz CT molecular complexity index is 737. The fourth-order valence-electron chi connectivity index (χ4n) is 1.94. The molecule has 0 saturated heterocycles. The first-order valence-corrected chi connectivity index (χ1v) is 10.5. The van der Waals surface area contributed by atoms with Gasteiger partial charge in [0.2, 0.25) is 0 Å². The minimum absolute atomic E-state index is 0.0413. The number of aliphatic hydroxyl groups excluding tert-OH is 2. The minimum Gasteiger partial charge on any atom is -0.478 e. The summed E-state index contributed by atoms with van der Waals surface area (Å²) in [4.78, 5) is 20.7. The number of ether oxygens (including phenoxy) is 3. The minimum atomic E-state index is -0.995. The number of aromatic carboxylic acids is 2. The Morgan fingerprint density at radius 2 is 0.909 bits per heavy atom. The Balaban J connectivity index is 0.000000470. The zero-order chi connectivity index (χ0) is 24.9. The molecule has 0 saturated carbocycles. The molecule has 2 aromatic carbocycles. The van der Waals surface area contributed by atoms with Crippen molar-refractivity contribution in [3.05, 3.63) is 69.7 Å². The van der Waals surface area contributed by atoms with Crippen LogP contribution < -0.4 is 0 Å². The molecule has 0 unspecified atom stereocenters. The van der Waals surface area contributed by atoms with E-state index in [1.54, 1.807) is 36.4 Å². The molecule has 0 bridgehead atoms. The van der Waals surface area contributed by atoms with Crippen LogP contribution in [0.4, 0.5) is 0 Å². The Morgan fingerprint density at radius 3 is 1.15 bits per heavy atom. The molecule has 0 heterocycles. The lowest BCUT2D eigenvalue weighted by Crippen LogP contribution is -2.11. The number of carbonyl (C=O) groups is 2. The summed E-state index contributed by atoms with van der Waals surface area (Å²) < 4.78 is 15.0. The predicted octanol–water partition coefficient (Wildman–Crippen LogP) is 3.10. The molecule has 0 aliphatic heterocycles. The summed E-state index contributed by atoms with van der Waals surface area (Å²) >= 11 is 11.1. The van der Waals surface area contributed by atoms with Gasteiger partial charge in [-0.1, -0.05) is 47.5 Å². The van der Waals surface area contributed by atoms with Gasteiger partial charge in [-0.3, -0.25) is 0 Å². The van der Waals surface area contributed by atoms with Crippen LogP contribution in [-0.4, -0.2) is 85.2 Å². The third-order valence-corrected chi connectivity index (χ3v) is 4.08. The van der Waals surface area contributed by atoms with Crippen LogP contribution in [0.15, 0.2) is 48.5 Å². The summed E-state index contributed by atoms with van der Waals surface area (Å²) in [5.74, 6) is -1.99.